The normalized spacial score (nSPS) is 10.7. The molecule has 0 aliphatic heterocycles. The lowest BCUT2D eigenvalue weighted by molar-refractivity contribution is -0.116. The van der Waals surface area contributed by atoms with E-state index in [9.17, 15) is 14.0 Å². The lowest BCUT2D eigenvalue weighted by Crippen LogP contribution is -2.39. The highest BCUT2D eigenvalue weighted by Crippen LogP contribution is 2.12. The zero-order valence-electron chi connectivity index (χ0n) is 14.2. The van der Waals surface area contributed by atoms with Crippen LogP contribution in [0.3, 0.4) is 0 Å². The van der Waals surface area contributed by atoms with E-state index in [0.717, 1.165) is 6.54 Å². The standard InChI is InChI=1S/C17H21FN4O2S/c1-21(2)8-4-9-22(12-15(23)20-17-19-7-10-25-17)16(24)13-5-3-6-14(18)11-13/h3,5-7,10-11H,4,8-9,12H2,1-2H3,(H,19,20,23). The molecule has 0 radical (unpaired) electrons. The lowest BCUT2D eigenvalue weighted by atomic mass is 10.2. The van der Waals surface area contributed by atoms with E-state index in [1.54, 1.807) is 17.6 Å². The molecule has 1 aromatic heterocycles. The molecule has 2 amide bonds. The first-order chi connectivity index (χ1) is 12.0. The van der Waals surface area contributed by atoms with Crippen LogP contribution in [0, 0.1) is 5.82 Å². The molecule has 6 nitrogen and oxygen atoms in total. The van der Waals surface area contributed by atoms with E-state index in [2.05, 4.69) is 10.3 Å². The van der Waals surface area contributed by atoms with Gasteiger partial charge in [0.2, 0.25) is 5.91 Å². The molecule has 0 spiro atoms. The SMILES string of the molecule is CN(C)CCCN(CC(=O)Nc1nccs1)C(=O)c1cccc(F)c1. The maximum atomic E-state index is 13.4. The van der Waals surface area contributed by atoms with Gasteiger partial charge in [-0.2, -0.15) is 0 Å². The molecular weight excluding hydrogens is 343 g/mol. The Kier molecular flexibility index (Phi) is 7.03. The number of amides is 2. The molecule has 8 heteroatoms. The van der Waals surface area contributed by atoms with Gasteiger partial charge < -0.3 is 15.1 Å². The zero-order valence-corrected chi connectivity index (χ0v) is 15.1. The van der Waals surface area contributed by atoms with Crippen LogP contribution in [-0.4, -0.2) is 60.3 Å². The fourth-order valence-electron chi connectivity index (χ4n) is 2.25. The monoisotopic (exact) mass is 364 g/mol. The first-order valence-electron chi connectivity index (χ1n) is 7.84. The van der Waals surface area contributed by atoms with Gasteiger partial charge in [-0.3, -0.25) is 9.59 Å². The van der Waals surface area contributed by atoms with Crippen LogP contribution in [0.4, 0.5) is 9.52 Å². The van der Waals surface area contributed by atoms with E-state index in [4.69, 9.17) is 0 Å². The average Bonchev–Trinajstić information content (AvgIpc) is 3.05. The molecule has 2 aromatic rings. The number of anilines is 1. The number of hydrogen-bond acceptors (Lipinski definition) is 5. The van der Waals surface area contributed by atoms with E-state index < -0.39 is 5.82 Å². The van der Waals surface area contributed by atoms with Crippen LogP contribution in [0.25, 0.3) is 0 Å². The molecule has 25 heavy (non-hydrogen) atoms. The summed E-state index contributed by atoms with van der Waals surface area (Å²) < 4.78 is 13.4. The number of halogens is 1. The molecule has 0 fully saturated rings. The number of benzene rings is 1. The van der Waals surface area contributed by atoms with E-state index >= 15 is 0 Å². The zero-order chi connectivity index (χ0) is 18.2. The van der Waals surface area contributed by atoms with Gasteiger partial charge in [-0.25, -0.2) is 9.37 Å². The van der Waals surface area contributed by atoms with Gasteiger partial charge in [0.25, 0.3) is 5.91 Å². The molecule has 0 aliphatic rings. The van der Waals surface area contributed by atoms with Crippen LogP contribution in [-0.2, 0) is 4.79 Å². The second-order valence-corrected chi connectivity index (χ2v) is 6.67. The van der Waals surface area contributed by atoms with E-state index in [-0.39, 0.29) is 23.9 Å². The van der Waals surface area contributed by atoms with Crippen molar-refractivity contribution >= 4 is 28.3 Å². The molecule has 1 heterocycles. The summed E-state index contributed by atoms with van der Waals surface area (Å²) in [6, 6.07) is 5.49. The number of nitrogens with one attached hydrogen (secondary N) is 1. The molecule has 0 saturated carbocycles. The van der Waals surface area contributed by atoms with Gasteiger partial charge in [0, 0.05) is 23.7 Å². The Morgan fingerprint density at radius 2 is 2.08 bits per heavy atom. The average molecular weight is 364 g/mol. The van der Waals surface area contributed by atoms with Crippen LogP contribution in [0.15, 0.2) is 35.8 Å². The summed E-state index contributed by atoms with van der Waals surface area (Å²) in [5, 5.41) is 4.89. The maximum absolute atomic E-state index is 13.4. The fourth-order valence-corrected chi connectivity index (χ4v) is 2.80. The molecule has 0 atom stereocenters. The van der Waals surface area contributed by atoms with Crippen molar-refractivity contribution in [3.8, 4) is 0 Å². The van der Waals surface area contributed by atoms with Crippen LogP contribution < -0.4 is 5.32 Å². The highest BCUT2D eigenvalue weighted by atomic mass is 32.1. The van der Waals surface area contributed by atoms with E-state index in [0.29, 0.717) is 18.1 Å². The van der Waals surface area contributed by atoms with Crippen molar-refractivity contribution in [1.29, 1.82) is 0 Å². The number of thiazole rings is 1. The topological polar surface area (TPSA) is 65.5 Å². The Labute approximate surface area is 150 Å². The molecule has 1 N–H and O–H groups in total. The van der Waals surface area contributed by atoms with Crippen molar-refractivity contribution in [2.75, 3.05) is 39.0 Å². The third-order valence-electron chi connectivity index (χ3n) is 3.41. The van der Waals surface area contributed by atoms with Crippen molar-refractivity contribution in [2.45, 2.75) is 6.42 Å². The molecule has 0 unspecified atom stereocenters. The summed E-state index contributed by atoms with van der Waals surface area (Å²) >= 11 is 1.30. The van der Waals surface area contributed by atoms with Gasteiger partial charge in [0.1, 0.15) is 12.4 Å². The van der Waals surface area contributed by atoms with Crippen LogP contribution in [0.1, 0.15) is 16.8 Å². The first kappa shape index (κ1) is 19.0. The minimum atomic E-state index is -0.480. The Morgan fingerprint density at radius 1 is 1.28 bits per heavy atom. The molecule has 2 rings (SSSR count). The van der Waals surface area contributed by atoms with Crippen molar-refractivity contribution in [2.24, 2.45) is 0 Å². The van der Waals surface area contributed by atoms with Crippen LogP contribution in [0.2, 0.25) is 0 Å². The Morgan fingerprint density at radius 3 is 2.72 bits per heavy atom. The van der Waals surface area contributed by atoms with Crippen molar-refractivity contribution < 1.29 is 14.0 Å². The highest BCUT2D eigenvalue weighted by molar-refractivity contribution is 7.13. The molecule has 134 valence electrons. The number of carbonyl (C=O) groups excluding carboxylic acids is 2. The second-order valence-electron chi connectivity index (χ2n) is 5.78. The predicted octanol–water partition coefficient (Wildman–Crippen LogP) is 2.31. The van der Waals surface area contributed by atoms with E-state index in [1.807, 2.05) is 19.0 Å². The number of rotatable bonds is 8. The maximum Gasteiger partial charge on any atom is 0.254 e. The number of carbonyl (C=O) groups is 2. The fraction of sp³-hybridized carbons (Fsp3) is 0.353. The van der Waals surface area contributed by atoms with E-state index in [1.165, 1.54) is 34.4 Å². The van der Waals surface area contributed by atoms with Crippen molar-refractivity contribution in [3.63, 3.8) is 0 Å². The van der Waals surface area contributed by atoms with Gasteiger partial charge in [0.05, 0.1) is 0 Å². The van der Waals surface area contributed by atoms with Gasteiger partial charge in [0.15, 0.2) is 5.13 Å². The van der Waals surface area contributed by atoms with Gasteiger partial charge >= 0.3 is 0 Å². The number of aromatic nitrogens is 1. The van der Waals surface area contributed by atoms with Gasteiger partial charge in [-0.15, -0.1) is 11.3 Å². The summed E-state index contributed by atoms with van der Waals surface area (Å²) in [6.07, 6.45) is 2.30. The number of hydrogen-bond donors (Lipinski definition) is 1. The quantitative estimate of drug-likeness (QED) is 0.781. The summed E-state index contributed by atoms with van der Waals surface area (Å²) in [7, 11) is 3.88. The van der Waals surface area contributed by atoms with Gasteiger partial charge in [-0.05, 0) is 45.3 Å². The summed E-state index contributed by atoms with van der Waals surface area (Å²) in [6.45, 7) is 1.07. The van der Waals surface area contributed by atoms with Crippen LogP contribution >= 0.6 is 11.3 Å². The lowest BCUT2D eigenvalue weighted by Gasteiger charge is -2.23. The third kappa shape index (κ3) is 6.24. The van der Waals surface area contributed by atoms with Crippen molar-refractivity contribution in [1.82, 2.24) is 14.8 Å². The Bertz CT molecular complexity index is 706. The predicted molar refractivity (Wildman–Crippen MR) is 96.2 cm³/mol. The summed E-state index contributed by atoms with van der Waals surface area (Å²) in [4.78, 5) is 32.3. The first-order valence-corrected chi connectivity index (χ1v) is 8.72. The minimum absolute atomic E-state index is 0.109. The summed E-state index contributed by atoms with van der Waals surface area (Å²) in [5.74, 6) is -1.18. The minimum Gasteiger partial charge on any atom is -0.329 e. The summed E-state index contributed by atoms with van der Waals surface area (Å²) in [5.41, 5.74) is 0.229. The highest BCUT2D eigenvalue weighted by Gasteiger charge is 2.19. The smallest absolute Gasteiger partial charge is 0.254 e. The Balaban J connectivity index is 2.05. The molecule has 0 aliphatic carbocycles. The Hall–Kier alpha value is -2.32. The van der Waals surface area contributed by atoms with Crippen LogP contribution in [0.5, 0.6) is 0 Å². The molecular formula is C17H21FN4O2S. The largest absolute Gasteiger partial charge is 0.329 e. The molecule has 1 aromatic carbocycles. The van der Waals surface area contributed by atoms with Gasteiger partial charge in [-0.1, -0.05) is 6.07 Å². The second kappa shape index (κ2) is 9.24. The number of nitrogens with zero attached hydrogens (tertiary/aromatic N) is 3. The third-order valence-corrected chi connectivity index (χ3v) is 4.09. The van der Waals surface area contributed by atoms with Crippen molar-refractivity contribution in [3.05, 3.63) is 47.2 Å². The molecule has 0 saturated heterocycles. The molecule has 0 bridgehead atoms.